The first-order chi connectivity index (χ1) is 6.75. The van der Waals surface area contributed by atoms with Crippen molar-refractivity contribution in [2.75, 3.05) is 6.61 Å². The summed E-state index contributed by atoms with van der Waals surface area (Å²) in [5.41, 5.74) is 0.187. The molecule has 0 saturated heterocycles. The van der Waals surface area contributed by atoms with Gasteiger partial charge < -0.3 is 10.2 Å². The Morgan fingerprint density at radius 2 is 1.93 bits per heavy atom. The smallest absolute Gasteiger partial charge is 0.408 e. The highest BCUT2D eigenvalue weighted by molar-refractivity contribution is 5.67. The molecule has 0 spiro atoms. The van der Waals surface area contributed by atoms with E-state index >= 15 is 0 Å². The van der Waals surface area contributed by atoms with E-state index in [-0.39, 0.29) is 6.61 Å². The standard InChI is InChI=1S/C11H21NO3/c1-6-8(2)9(7-13)12(10(14)15)11(3,4)5/h9,13H,2,6-7H2,1,3-5H3,(H,14,15)/t9-/m1/s1. The normalized spacial score (nSPS) is 13.4. The summed E-state index contributed by atoms with van der Waals surface area (Å²) in [5, 5.41) is 18.4. The highest BCUT2D eigenvalue weighted by Gasteiger charge is 2.33. The second-order valence-electron chi connectivity index (χ2n) is 4.53. The highest BCUT2D eigenvalue weighted by Crippen LogP contribution is 2.22. The summed E-state index contributed by atoms with van der Waals surface area (Å²) in [6.45, 7) is 10.9. The van der Waals surface area contributed by atoms with Crippen molar-refractivity contribution in [2.45, 2.75) is 45.7 Å². The Balaban J connectivity index is 5.04. The predicted molar refractivity (Wildman–Crippen MR) is 59.9 cm³/mol. The van der Waals surface area contributed by atoms with Crippen LogP contribution < -0.4 is 0 Å². The van der Waals surface area contributed by atoms with Crippen LogP contribution in [-0.2, 0) is 0 Å². The molecule has 4 nitrogen and oxygen atoms in total. The van der Waals surface area contributed by atoms with E-state index in [9.17, 15) is 9.90 Å². The van der Waals surface area contributed by atoms with Gasteiger partial charge in [-0.3, -0.25) is 4.90 Å². The van der Waals surface area contributed by atoms with Crippen molar-refractivity contribution < 1.29 is 15.0 Å². The largest absolute Gasteiger partial charge is 0.465 e. The molecule has 0 rings (SSSR count). The fourth-order valence-corrected chi connectivity index (χ4v) is 1.52. The molecule has 0 bridgehead atoms. The van der Waals surface area contributed by atoms with E-state index in [4.69, 9.17) is 5.11 Å². The minimum atomic E-state index is -1.03. The summed E-state index contributed by atoms with van der Waals surface area (Å²) < 4.78 is 0. The van der Waals surface area contributed by atoms with E-state index in [1.165, 1.54) is 4.90 Å². The molecule has 0 aromatic heterocycles. The Kier molecular flexibility index (Phi) is 4.81. The van der Waals surface area contributed by atoms with Crippen LogP contribution in [0.25, 0.3) is 0 Å². The van der Waals surface area contributed by atoms with Gasteiger partial charge >= 0.3 is 6.09 Å². The lowest BCUT2D eigenvalue weighted by Gasteiger charge is -2.39. The van der Waals surface area contributed by atoms with Gasteiger partial charge in [0.05, 0.1) is 12.6 Å². The van der Waals surface area contributed by atoms with Gasteiger partial charge in [0.25, 0.3) is 0 Å². The molecule has 1 atom stereocenters. The molecule has 1 amide bonds. The fraction of sp³-hybridized carbons (Fsp3) is 0.727. The quantitative estimate of drug-likeness (QED) is 0.706. The van der Waals surface area contributed by atoms with Gasteiger partial charge in [-0.2, -0.15) is 0 Å². The Labute approximate surface area is 91.2 Å². The van der Waals surface area contributed by atoms with Crippen molar-refractivity contribution in [1.82, 2.24) is 4.90 Å². The summed E-state index contributed by atoms with van der Waals surface area (Å²) >= 11 is 0. The van der Waals surface area contributed by atoms with Crippen molar-refractivity contribution in [2.24, 2.45) is 0 Å². The van der Waals surface area contributed by atoms with Gasteiger partial charge in [0.1, 0.15) is 0 Å². The molecule has 0 heterocycles. The number of carboxylic acid groups (broad SMARTS) is 1. The van der Waals surface area contributed by atoms with Crippen LogP contribution in [0, 0.1) is 0 Å². The number of carbonyl (C=O) groups is 1. The molecule has 0 aliphatic rings. The molecule has 0 radical (unpaired) electrons. The molecule has 2 N–H and O–H groups in total. The lowest BCUT2D eigenvalue weighted by molar-refractivity contribution is 0.0582. The summed E-state index contributed by atoms with van der Waals surface area (Å²) in [4.78, 5) is 12.4. The number of aliphatic hydroxyl groups is 1. The van der Waals surface area contributed by atoms with Crippen molar-refractivity contribution in [1.29, 1.82) is 0 Å². The van der Waals surface area contributed by atoms with Crippen molar-refractivity contribution in [3.63, 3.8) is 0 Å². The van der Waals surface area contributed by atoms with Gasteiger partial charge in [-0.15, -0.1) is 0 Å². The first-order valence-corrected chi connectivity index (χ1v) is 5.06. The van der Waals surface area contributed by atoms with Crippen LogP contribution >= 0.6 is 0 Å². The monoisotopic (exact) mass is 215 g/mol. The second kappa shape index (κ2) is 5.16. The maximum atomic E-state index is 11.1. The summed E-state index contributed by atoms with van der Waals surface area (Å²) in [6.07, 6.45) is -0.374. The average Bonchev–Trinajstić information content (AvgIpc) is 2.09. The van der Waals surface area contributed by atoms with E-state index in [2.05, 4.69) is 6.58 Å². The van der Waals surface area contributed by atoms with E-state index in [0.717, 1.165) is 5.57 Å². The van der Waals surface area contributed by atoms with Gasteiger partial charge in [0, 0.05) is 5.54 Å². The van der Waals surface area contributed by atoms with Crippen molar-refractivity contribution in [3.05, 3.63) is 12.2 Å². The Bertz CT molecular complexity index is 243. The molecule has 0 aromatic rings. The van der Waals surface area contributed by atoms with Crippen molar-refractivity contribution >= 4 is 6.09 Å². The Hall–Kier alpha value is -1.03. The number of aliphatic hydroxyl groups excluding tert-OH is 1. The van der Waals surface area contributed by atoms with E-state index in [1.807, 2.05) is 6.92 Å². The zero-order valence-electron chi connectivity index (χ0n) is 9.95. The molecule has 4 heteroatoms. The van der Waals surface area contributed by atoms with Gasteiger partial charge in [0.15, 0.2) is 0 Å². The molecule has 0 aliphatic heterocycles. The lowest BCUT2D eigenvalue weighted by atomic mass is 9.98. The van der Waals surface area contributed by atoms with Gasteiger partial charge in [-0.25, -0.2) is 4.79 Å². The third-order valence-electron chi connectivity index (χ3n) is 2.34. The minimum absolute atomic E-state index is 0.226. The predicted octanol–water partition coefficient (Wildman–Crippen LogP) is 2.09. The first-order valence-electron chi connectivity index (χ1n) is 5.06. The van der Waals surface area contributed by atoms with E-state index in [1.54, 1.807) is 20.8 Å². The molecule has 15 heavy (non-hydrogen) atoms. The first kappa shape index (κ1) is 14.0. The van der Waals surface area contributed by atoms with Crippen LogP contribution in [0.4, 0.5) is 4.79 Å². The fourth-order valence-electron chi connectivity index (χ4n) is 1.52. The molecular formula is C11H21NO3. The van der Waals surface area contributed by atoms with Crippen LogP contribution in [0.15, 0.2) is 12.2 Å². The lowest BCUT2D eigenvalue weighted by Crippen LogP contribution is -2.53. The SMILES string of the molecule is C=C(CC)[C@@H](CO)N(C(=O)O)C(C)(C)C. The molecule has 88 valence electrons. The number of nitrogens with zero attached hydrogens (tertiary/aromatic N) is 1. The Morgan fingerprint density at radius 3 is 2.13 bits per heavy atom. The van der Waals surface area contributed by atoms with Gasteiger partial charge in [-0.1, -0.05) is 19.1 Å². The number of hydrogen-bond donors (Lipinski definition) is 2. The third kappa shape index (κ3) is 3.55. The van der Waals surface area contributed by atoms with Crippen LogP contribution in [0.3, 0.4) is 0 Å². The molecule has 0 unspecified atom stereocenters. The zero-order chi connectivity index (χ0) is 12.2. The highest BCUT2D eigenvalue weighted by atomic mass is 16.4. The van der Waals surface area contributed by atoms with Gasteiger partial charge in [0.2, 0.25) is 0 Å². The zero-order valence-corrected chi connectivity index (χ0v) is 9.95. The molecule has 0 saturated carbocycles. The maximum Gasteiger partial charge on any atom is 0.408 e. The van der Waals surface area contributed by atoms with Crippen LogP contribution in [-0.4, -0.2) is 39.4 Å². The molecule has 0 aromatic carbocycles. The molecule has 0 aliphatic carbocycles. The van der Waals surface area contributed by atoms with E-state index in [0.29, 0.717) is 6.42 Å². The molecule has 0 fully saturated rings. The summed E-state index contributed by atoms with van der Waals surface area (Å²) in [7, 11) is 0. The van der Waals surface area contributed by atoms with E-state index < -0.39 is 17.7 Å². The van der Waals surface area contributed by atoms with Crippen LogP contribution in [0.1, 0.15) is 34.1 Å². The minimum Gasteiger partial charge on any atom is -0.465 e. The maximum absolute atomic E-state index is 11.1. The van der Waals surface area contributed by atoms with Crippen LogP contribution in [0.2, 0.25) is 0 Å². The Morgan fingerprint density at radius 1 is 1.47 bits per heavy atom. The number of hydrogen-bond acceptors (Lipinski definition) is 2. The second-order valence-corrected chi connectivity index (χ2v) is 4.53. The topological polar surface area (TPSA) is 60.8 Å². The number of rotatable bonds is 4. The number of amides is 1. The van der Waals surface area contributed by atoms with Crippen molar-refractivity contribution in [3.8, 4) is 0 Å². The average molecular weight is 215 g/mol. The molecular weight excluding hydrogens is 194 g/mol. The third-order valence-corrected chi connectivity index (χ3v) is 2.34. The van der Waals surface area contributed by atoms with Crippen LogP contribution in [0.5, 0.6) is 0 Å². The summed E-state index contributed by atoms with van der Waals surface area (Å²) in [5.74, 6) is 0. The summed E-state index contributed by atoms with van der Waals surface area (Å²) in [6, 6.07) is -0.521. The van der Waals surface area contributed by atoms with Gasteiger partial charge in [-0.05, 0) is 27.2 Å².